The summed E-state index contributed by atoms with van der Waals surface area (Å²) in [6.45, 7) is 14.1. The number of rotatable bonds is 30. The maximum Gasteiger partial charge on any atom is 0.406 e. The van der Waals surface area contributed by atoms with Gasteiger partial charge in [0, 0.05) is 79.7 Å². The van der Waals surface area contributed by atoms with Crippen molar-refractivity contribution in [3.63, 3.8) is 0 Å². The summed E-state index contributed by atoms with van der Waals surface area (Å²) in [6, 6.07) is 23.1. The van der Waals surface area contributed by atoms with Gasteiger partial charge in [-0.2, -0.15) is 13.2 Å². The molecule has 17 nitrogen and oxygen atoms in total. The van der Waals surface area contributed by atoms with Crippen molar-refractivity contribution in [2.45, 2.75) is 104 Å². The van der Waals surface area contributed by atoms with Gasteiger partial charge in [0.15, 0.2) is 5.78 Å². The predicted molar refractivity (Wildman–Crippen MR) is 329 cm³/mol. The molecule has 8 rings (SSSR count). The molecule has 0 bridgehead atoms. The number of ether oxygens (including phenoxy) is 5. The number of carbonyl (C=O) groups is 4. The molecule has 86 heavy (non-hydrogen) atoms. The van der Waals surface area contributed by atoms with Gasteiger partial charge in [-0.25, -0.2) is 0 Å². The monoisotopic (exact) mass is 1190 g/mol. The van der Waals surface area contributed by atoms with Crippen LogP contribution in [0.4, 0.5) is 24.5 Å². The minimum absolute atomic E-state index is 0.00464. The van der Waals surface area contributed by atoms with E-state index in [4.69, 9.17) is 28.1 Å². The predicted octanol–water partition coefficient (Wildman–Crippen LogP) is 10.5. The van der Waals surface area contributed by atoms with Gasteiger partial charge in [-0.05, 0) is 137 Å². The number of aromatic nitrogens is 1. The number of methoxy groups -OCH3 is 1. The van der Waals surface area contributed by atoms with Gasteiger partial charge in [0.05, 0.1) is 88.8 Å². The van der Waals surface area contributed by atoms with Crippen LogP contribution in [0.5, 0.6) is 11.5 Å². The molecule has 464 valence electrons. The van der Waals surface area contributed by atoms with Crippen molar-refractivity contribution in [2.75, 3.05) is 117 Å². The number of alkyl halides is 3. The molecule has 2 aliphatic heterocycles. The second-order valence-electron chi connectivity index (χ2n) is 21.1. The smallest absolute Gasteiger partial charge is 0.406 e. The fourth-order valence-corrected chi connectivity index (χ4v) is 10.8. The highest BCUT2D eigenvalue weighted by Crippen LogP contribution is 2.34. The molecule has 3 amide bonds. The first-order chi connectivity index (χ1) is 41.7. The van der Waals surface area contributed by atoms with Crippen LogP contribution >= 0.6 is 0 Å². The molecule has 4 N–H and O–H groups in total. The molecule has 0 unspecified atom stereocenters. The highest BCUT2D eigenvalue weighted by molar-refractivity contribution is 6.17. The van der Waals surface area contributed by atoms with E-state index in [-0.39, 0.29) is 61.2 Å². The fraction of sp³-hybridized carbons (Fsp3) is 0.485. The van der Waals surface area contributed by atoms with Crippen LogP contribution in [0.1, 0.15) is 114 Å². The zero-order valence-electron chi connectivity index (χ0n) is 50.6. The fourth-order valence-electron chi connectivity index (χ4n) is 10.8. The number of anilines is 2. The van der Waals surface area contributed by atoms with Crippen LogP contribution in [0.15, 0.2) is 83.3 Å². The number of amides is 3. The van der Waals surface area contributed by atoms with Crippen LogP contribution in [0.25, 0.3) is 21.9 Å². The molecule has 0 aliphatic carbocycles. The van der Waals surface area contributed by atoms with E-state index in [1.165, 1.54) is 31.6 Å². The number of hydrogen-bond donors (Lipinski definition) is 4. The largest absolute Gasteiger partial charge is 0.495 e. The van der Waals surface area contributed by atoms with Crippen LogP contribution in [-0.4, -0.2) is 156 Å². The van der Waals surface area contributed by atoms with E-state index >= 15 is 0 Å². The lowest BCUT2D eigenvalue weighted by molar-refractivity contribution is -0.140. The van der Waals surface area contributed by atoms with E-state index in [1.807, 2.05) is 75.1 Å². The quantitative estimate of drug-likeness (QED) is 0.0190. The molecule has 0 spiro atoms. The maximum atomic E-state index is 14.2. The summed E-state index contributed by atoms with van der Waals surface area (Å²) in [5.74, 6) is 7.14. The Balaban J connectivity index is 0.00000523. The normalized spacial score (nSPS) is 13.7. The summed E-state index contributed by atoms with van der Waals surface area (Å²) >= 11 is 0. The van der Waals surface area contributed by atoms with Crippen molar-refractivity contribution in [1.82, 2.24) is 25.0 Å². The number of aryl methyl sites for hydroxylation is 3. The second-order valence-corrected chi connectivity index (χ2v) is 21.1. The molecule has 0 saturated carbocycles. The Kier molecular flexibility index (Phi) is 25.6. The molecule has 2 aliphatic rings. The van der Waals surface area contributed by atoms with Crippen molar-refractivity contribution in [3.8, 4) is 23.3 Å². The third-order valence-corrected chi connectivity index (χ3v) is 15.0. The van der Waals surface area contributed by atoms with Crippen LogP contribution in [0, 0.1) is 25.7 Å². The van der Waals surface area contributed by atoms with Gasteiger partial charge in [0.2, 0.25) is 11.8 Å². The van der Waals surface area contributed by atoms with Crippen molar-refractivity contribution in [1.29, 1.82) is 0 Å². The second kappa shape index (κ2) is 33.4. The van der Waals surface area contributed by atoms with Crippen LogP contribution in [-0.2, 0) is 36.8 Å². The van der Waals surface area contributed by atoms with Gasteiger partial charge in [0.1, 0.15) is 29.4 Å². The van der Waals surface area contributed by atoms with Gasteiger partial charge in [-0.15, -0.1) is 0 Å². The third kappa shape index (κ3) is 19.0. The number of halogens is 3. The zero-order chi connectivity index (χ0) is 61.4. The number of carbonyl (C=O) groups excluding carboxylic acids is 4. The van der Waals surface area contributed by atoms with Gasteiger partial charge in [-0.3, -0.25) is 19.2 Å². The van der Waals surface area contributed by atoms with E-state index in [9.17, 15) is 32.3 Å². The summed E-state index contributed by atoms with van der Waals surface area (Å²) in [5, 5.41) is 13.5. The van der Waals surface area contributed by atoms with Gasteiger partial charge >= 0.3 is 6.18 Å². The van der Waals surface area contributed by atoms with E-state index in [0.717, 1.165) is 48.3 Å². The number of para-hydroxylation sites is 1. The lowest BCUT2D eigenvalue weighted by Crippen LogP contribution is -2.42. The summed E-state index contributed by atoms with van der Waals surface area (Å²) in [4.78, 5) is 56.3. The lowest BCUT2D eigenvalue weighted by atomic mass is 9.95. The SMILES string of the molecule is CC.CNC(=O)c1ccc(NCC#Cc2cc3c(NC4CCN(C(=O)CCOCCOCCOCCNC(=O)CCCc5oc6ccccc6c5C(=O)c5cc(C)c(OCCCN6CCCC6)c(C)c5)CC4)cccc3n2CC(F)(F)F)c(OC)c1. The maximum absolute atomic E-state index is 14.2. The number of nitrogens with zero attached hydrogens (tertiary/aromatic N) is 3. The van der Waals surface area contributed by atoms with Crippen LogP contribution in [0.3, 0.4) is 0 Å². The minimum Gasteiger partial charge on any atom is -0.495 e. The summed E-state index contributed by atoms with van der Waals surface area (Å²) in [6.07, 6.45) is 1.71. The van der Waals surface area contributed by atoms with E-state index < -0.39 is 12.7 Å². The number of nitrogens with one attached hydrogen (secondary N) is 4. The third-order valence-electron chi connectivity index (χ3n) is 15.0. The molecule has 2 fully saturated rings. The molecule has 4 aromatic carbocycles. The topological polar surface area (TPSA) is 187 Å². The number of benzene rings is 4. The highest BCUT2D eigenvalue weighted by atomic mass is 19.4. The zero-order valence-corrected chi connectivity index (χ0v) is 50.6. The Hall–Kier alpha value is -7.57. The molecule has 2 aromatic heterocycles. The van der Waals surface area contributed by atoms with E-state index in [1.54, 1.807) is 36.4 Å². The van der Waals surface area contributed by atoms with E-state index in [0.29, 0.717) is 141 Å². The number of ketones is 1. The highest BCUT2D eigenvalue weighted by Gasteiger charge is 2.31. The van der Waals surface area contributed by atoms with Crippen molar-refractivity contribution in [2.24, 2.45) is 0 Å². The Labute approximate surface area is 502 Å². The van der Waals surface area contributed by atoms with Gasteiger partial charge in [0.25, 0.3) is 5.91 Å². The molecule has 4 heterocycles. The average molecular weight is 1190 g/mol. The summed E-state index contributed by atoms with van der Waals surface area (Å²) in [7, 11) is 3.00. The van der Waals surface area contributed by atoms with Gasteiger partial charge in [-0.1, -0.05) is 44.0 Å². The molecule has 20 heteroatoms. The van der Waals surface area contributed by atoms with E-state index in [2.05, 4.69) is 38.0 Å². The summed E-state index contributed by atoms with van der Waals surface area (Å²) in [5.41, 5.74) is 5.85. The first-order valence-corrected chi connectivity index (χ1v) is 30.1. The average Bonchev–Trinajstić information content (AvgIpc) is 2.40. The number of piperidine rings is 1. The van der Waals surface area contributed by atoms with Crippen molar-refractivity contribution >= 4 is 56.8 Å². The molecule has 0 radical (unpaired) electrons. The lowest BCUT2D eigenvalue weighted by Gasteiger charge is -2.33. The molecule has 0 atom stereocenters. The molecule has 6 aromatic rings. The van der Waals surface area contributed by atoms with Gasteiger partial charge < -0.3 is 63.7 Å². The van der Waals surface area contributed by atoms with Crippen molar-refractivity contribution in [3.05, 3.63) is 118 Å². The molecular weight excluding hydrogens is 1110 g/mol. The Bertz CT molecular complexity index is 3240. The molecular formula is C66H84F3N7O10. The number of fused-ring (bicyclic) bond motifs is 2. The van der Waals surface area contributed by atoms with Crippen LogP contribution < -0.4 is 30.7 Å². The first-order valence-electron chi connectivity index (χ1n) is 30.1. The Morgan fingerprint density at radius 1 is 0.756 bits per heavy atom. The number of furan rings is 1. The Morgan fingerprint density at radius 3 is 2.17 bits per heavy atom. The van der Waals surface area contributed by atoms with Crippen LogP contribution in [0.2, 0.25) is 0 Å². The first kappa shape index (κ1) is 66.0. The summed E-state index contributed by atoms with van der Waals surface area (Å²) < 4.78 is 77.6. The number of likely N-dealkylation sites (tertiary alicyclic amines) is 2. The Morgan fingerprint density at radius 2 is 1.47 bits per heavy atom. The minimum atomic E-state index is -4.48. The molecule has 2 saturated heterocycles. The standard InChI is InChI=1S/C64H78F3N7O10.C2H6/c1-44-39-47(40-45(2)62(44)83-32-12-29-72-27-7-8-28-72)61(77)60-50-14-5-6-17-55(50)84-56(60)18-10-19-58(75)70-26-34-81-36-38-82-37-35-80-33-24-59(76)73-30-22-48(23-31-73)71-52-15-9-16-54-51(52)42-49(74(54)43-64(65,66)67)13-11-25-69-53-21-20-46(63(78)68-3)41-57(53)79-4;1-2/h5-6,9,14-17,20-21,39-42,48,69,71H,7-8,10,12,18-19,22-38,43H2,1-4H3,(H,68,78)(H,70,75);1-2H3. The van der Waals surface area contributed by atoms with Crippen molar-refractivity contribution < 1.29 is 60.5 Å². The number of hydrogen-bond acceptors (Lipinski definition) is 13.